The van der Waals surface area contributed by atoms with E-state index < -0.39 is 0 Å². The molecule has 0 spiro atoms. The van der Waals surface area contributed by atoms with E-state index in [1.165, 1.54) is 62.2 Å². The molecule has 0 N–H and O–H groups in total. The first-order valence-corrected chi connectivity index (χ1v) is 40.0. The molecule has 0 aliphatic rings. The quantitative estimate of drug-likeness (QED) is 0.133. The number of furan rings is 2. The Hall–Kier alpha value is -15.0. The largest absolute Gasteiger partial charge is 0.456 e. The Morgan fingerprint density at radius 2 is 0.470 bits per heavy atom. The first kappa shape index (κ1) is 71.0. The second-order valence-electron chi connectivity index (χ2n) is 28.4. The number of thiophene rings is 2. The van der Waals surface area contributed by atoms with Crippen molar-refractivity contribution in [2.24, 2.45) is 0 Å². The number of hydrogen-bond acceptors (Lipinski definition) is 16. The Bertz CT molecular complexity index is 7530. The van der Waals surface area contributed by atoms with Gasteiger partial charge in [0, 0.05) is 112 Å². The summed E-state index contributed by atoms with van der Waals surface area (Å²) in [6.07, 6.45) is 0. The molecule has 0 bridgehead atoms. The van der Waals surface area contributed by atoms with Crippen molar-refractivity contribution in [3.05, 3.63) is 357 Å². The van der Waals surface area contributed by atoms with Crippen molar-refractivity contribution in [1.29, 1.82) is 0 Å². The number of hydrogen-bond donors (Lipinski definition) is 0. The number of aryl methyl sites for hydroxylation is 4. The molecule has 9 aromatic heterocycles. The molecule has 0 saturated carbocycles. The van der Waals surface area contributed by atoms with E-state index >= 15 is 0 Å². The highest BCUT2D eigenvalue weighted by Crippen LogP contribution is 2.40. The van der Waals surface area contributed by atoms with Gasteiger partial charge in [0.25, 0.3) is 0 Å². The van der Waals surface area contributed by atoms with Crippen LogP contribution in [0.3, 0.4) is 0 Å². The van der Waals surface area contributed by atoms with Gasteiger partial charge in [0.05, 0.1) is 11.0 Å². The van der Waals surface area contributed by atoms with Crippen LogP contribution in [0.25, 0.3) is 203 Å². The van der Waals surface area contributed by atoms with Crippen molar-refractivity contribution in [2.45, 2.75) is 27.7 Å². The lowest BCUT2D eigenvalue weighted by Crippen LogP contribution is -2.06. The van der Waals surface area contributed by atoms with Gasteiger partial charge in [0.2, 0.25) is 5.95 Å². The van der Waals surface area contributed by atoms with Crippen molar-refractivity contribution >= 4 is 129 Å². The summed E-state index contributed by atoms with van der Waals surface area (Å²) in [6.45, 7) is 7.63. The molecule has 117 heavy (non-hydrogen) atoms. The predicted molar refractivity (Wildman–Crippen MR) is 476 cm³/mol. The third-order valence-electron chi connectivity index (χ3n) is 20.6. The highest BCUT2D eigenvalue weighted by atomic mass is 32.1. The molecular weight excluding hydrogens is 1480 g/mol. The van der Waals surface area contributed by atoms with Crippen LogP contribution in [0.15, 0.2) is 342 Å². The highest BCUT2D eigenvalue weighted by Gasteiger charge is 2.20. The van der Waals surface area contributed by atoms with Gasteiger partial charge >= 0.3 is 0 Å². The first-order valence-electron chi connectivity index (χ1n) is 38.4. The van der Waals surface area contributed by atoms with E-state index in [0.29, 0.717) is 58.4 Å². The molecule has 23 rings (SSSR count). The summed E-state index contributed by atoms with van der Waals surface area (Å²) in [5, 5.41) is 11.9. The minimum absolute atomic E-state index is 0.615. The molecule has 15 nitrogen and oxygen atoms in total. The van der Waals surface area contributed by atoms with Crippen molar-refractivity contribution in [1.82, 2.24) is 64.4 Å². The topological polar surface area (TPSA) is 186 Å². The van der Waals surface area contributed by atoms with Crippen molar-refractivity contribution in [3.8, 4) is 96.8 Å². The highest BCUT2D eigenvalue weighted by molar-refractivity contribution is 7.26. The molecule has 17 heteroatoms. The second kappa shape index (κ2) is 30.5. The number of para-hydroxylation sites is 4. The average Bonchev–Trinajstić information content (AvgIpc) is 1.59. The van der Waals surface area contributed by atoms with E-state index in [-0.39, 0.29) is 0 Å². The SMILES string of the molecule is Cc1nc(-c2ccc(-c3ccccc3)cc2)nc(-c2ccc3c(c2)sc2ccccc23)n1.Cc1nc(-c2ccc3c(c2)oc2ccccc23)nc(-c2ccc3c(c2)oc2ccccc23)n1.Cc1nc(-c2ccccc2)nc(-c2ccc3c(c2)sc2ccccc23)n1.Cc1nc(-c2ccccc2)nc(-n2c3ccccc3c3ccccc32)n1. The molecule has 14 aromatic carbocycles. The molecule has 0 radical (unpaired) electrons. The van der Waals surface area contributed by atoms with Crippen LogP contribution in [-0.2, 0) is 0 Å². The molecule has 23 aromatic rings. The van der Waals surface area contributed by atoms with Crippen LogP contribution in [0.5, 0.6) is 0 Å². The predicted octanol–water partition coefficient (Wildman–Crippen LogP) is 25.7. The van der Waals surface area contributed by atoms with Crippen LogP contribution < -0.4 is 0 Å². The molecule has 0 aliphatic carbocycles. The van der Waals surface area contributed by atoms with E-state index in [9.17, 15) is 0 Å². The minimum Gasteiger partial charge on any atom is -0.456 e. The second-order valence-corrected chi connectivity index (χ2v) is 30.5. The van der Waals surface area contributed by atoms with Crippen molar-refractivity contribution in [2.75, 3.05) is 0 Å². The zero-order valence-corrected chi connectivity index (χ0v) is 65.3. The fourth-order valence-electron chi connectivity index (χ4n) is 15.1. The Balaban J connectivity index is 0.000000101. The summed E-state index contributed by atoms with van der Waals surface area (Å²) >= 11 is 3.61. The molecule has 0 aliphatic heterocycles. The van der Waals surface area contributed by atoms with Crippen molar-refractivity contribution in [3.63, 3.8) is 0 Å². The zero-order valence-electron chi connectivity index (χ0n) is 63.7. The standard InChI is InChI=1S/C28H17N3O2.C28H19N3S.C22H16N4.C22H15N3S/c1-16-29-27(17-10-12-21-19-6-2-4-8-23(19)32-25(21)14-17)31-28(30-16)18-11-13-22-20-7-3-5-9-24(20)33-26(22)15-18;1-18-29-27(21-13-11-20(12-14-21)19-7-3-2-4-8-19)31-28(30-18)22-15-16-24-23-9-5-6-10-25(23)32-26(24)17-22;1-15-23-21(16-9-3-2-4-10-16)25-22(24-15)26-19-13-7-5-11-17(19)18-12-6-8-14-20(18)26;1-14-23-21(15-7-3-2-4-8-15)25-22(24-14)16-11-12-18-17-9-5-6-10-19(17)26-20(18)13-16/h2-15H,1H3;2-17H,1H3;2-14H,1H3;2-13H,1H3. The van der Waals surface area contributed by atoms with E-state index in [1.54, 1.807) is 22.7 Å². The van der Waals surface area contributed by atoms with Gasteiger partial charge in [0.1, 0.15) is 45.6 Å². The lowest BCUT2D eigenvalue weighted by atomic mass is 10.0. The minimum atomic E-state index is 0.615. The van der Waals surface area contributed by atoms with Crippen LogP contribution in [0.4, 0.5) is 0 Å². The normalized spacial score (nSPS) is 11.4. The maximum absolute atomic E-state index is 6.05. The van der Waals surface area contributed by atoms with Gasteiger partial charge in [-0.15, -0.1) is 22.7 Å². The Labute approximate surface area is 678 Å². The zero-order chi connectivity index (χ0) is 78.5. The monoisotopic (exact) mass is 1550 g/mol. The summed E-state index contributed by atoms with van der Waals surface area (Å²) in [6, 6.07) is 114. The van der Waals surface area contributed by atoms with Gasteiger partial charge in [-0.1, -0.05) is 261 Å². The Morgan fingerprint density at radius 1 is 0.197 bits per heavy atom. The van der Waals surface area contributed by atoms with Crippen LogP contribution in [0, 0.1) is 27.7 Å². The van der Waals surface area contributed by atoms with Gasteiger partial charge in [-0.05, 0) is 112 Å². The molecule has 0 fully saturated rings. The Morgan fingerprint density at radius 3 is 0.897 bits per heavy atom. The van der Waals surface area contributed by atoms with Crippen LogP contribution in [0.2, 0.25) is 0 Å². The smallest absolute Gasteiger partial charge is 0.238 e. The molecule has 0 unspecified atom stereocenters. The lowest BCUT2D eigenvalue weighted by Gasteiger charge is -2.08. The lowest BCUT2D eigenvalue weighted by molar-refractivity contribution is 0.668. The van der Waals surface area contributed by atoms with Crippen LogP contribution in [-0.4, -0.2) is 64.4 Å². The summed E-state index contributed by atoms with van der Waals surface area (Å²) in [5.41, 5.74) is 14.7. The summed E-state index contributed by atoms with van der Waals surface area (Å²) in [7, 11) is 0. The number of benzene rings is 14. The fraction of sp³-hybridized carbons (Fsp3) is 0.0400. The molecular formula is C100H67N13O2S2. The maximum Gasteiger partial charge on any atom is 0.238 e. The van der Waals surface area contributed by atoms with E-state index in [1.807, 2.05) is 167 Å². The van der Waals surface area contributed by atoms with Gasteiger partial charge in [0.15, 0.2) is 40.8 Å². The van der Waals surface area contributed by atoms with E-state index in [0.717, 1.165) is 106 Å². The molecule has 0 atom stereocenters. The number of nitrogens with zero attached hydrogens (tertiary/aromatic N) is 13. The maximum atomic E-state index is 6.05. The van der Waals surface area contributed by atoms with Crippen molar-refractivity contribution < 1.29 is 8.83 Å². The molecule has 0 saturated heterocycles. The van der Waals surface area contributed by atoms with Gasteiger partial charge < -0.3 is 8.83 Å². The molecule has 9 heterocycles. The van der Waals surface area contributed by atoms with Crippen LogP contribution in [0.1, 0.15) is 23.3 Å². The average molecular weight is 1550 g/mol. The third-order valence-corrected chi connectivity index (χ3v) is 22.9. The number of rotatable bonds is 9. The van der Waals surface area contributed by atoms with Gasteiger partial charge in [-0.2, -0.15) is 9.97 Å². The number of aromatic nitrogens is 13. The summed E-state index contributed by atoms with van der Waals surface area (Å²) in [5.74, 6) is 8.21. The van der Waals surface area contributed by atoms with Gasteiger partial charge in [-0.3, -0.25) is 4.57 Å². The fourth-order valence-corrected chi connectivity index (χ4v) is 17.4. The summed E-state index contributed by atoms with van der Waals surface area (Å²) in [4.78, 5) is 55.8. The summed E-state index contributed by atoms with van der Waals surface area (Å²) < 4.78 is 19.3. The first-order chi connectivity index (χ1) is 57.6. The Kier molecular flexibility index (Phi) is 18.5. The molecule has 0 amide bonds. The number of fused-ring (bicyclic) bond motifs is 15. The van der Waals surface area contributed by atoms with E-state index in [4.69, 9.17) is 28.8 Å². The molecule has 556 valence electrons. The van der Waals surface area contributed by atoms with Gasteiger partial charge in [-0.25, -0.2) is 49.8 Å². The van der Waals surface area contributed by atoms with E-state index in [2.05, 4.69) is 239 Å². The third kappa shape index (κ3) is 14.1. The van der Waals surface area contributed by atoms with Crippen LogP contribution >= 0.6 is 22.7 Å².